The van der Waals surface area contributed by atoms with Gasteiger partial charge >= 0.3 is 0 Å². The molecule has 4 heteroatoms. The van der Waals surface area contributed by atoms with E-state index in [-0.39, 0.29) is 5.75 Å². The monoisotopic (exact) mass is 242 g/mol. The molecule has 0 aliphatic heterocycles. The van der Waals surface area contributed by atoms with Gasteiger partial charge in [-0.25, -0.2) is 4.98 Å². The number of hydrogen-bond acceptors (Lipinski definition) is 4. The van der Waals surface area contributed by atoms with Crippen LogP contribution in [0.15, 0.2) is 42.5 Å². The minimum atomic E-state index is 0.103. The van der Waals surface area contributed by atoms with Gasteiger partial charge in [-0.05, 0) is 24.3 Å². The lowest BCUT2D eigenvalue weighted by atomic mass is 10.2. The van der Waals surface area contributed by atoms with Crippen LogP contribution in [0.5, 0.6) is 5.75 Å². The Morgan fingerprint density at radius 3 is 2.71 bits per heavy atom. The topological polar surface area (TPSA) is 59.1 Å². The third kappa shape index (κ3) is 1.62. The number of aromatic hydroxyl groups is 1. The maximum Gasteiger partial charge on any atom is 0.148 e. The van der Waals surface area contributed by atoms with Crippen molar-refractivity contribution in [2.45, 2.75) is 0 Å². The summed E-state index contributed by atoms with van der Waals surface area (Å²) in [5.41, 5.74) is 7.68. The molecule has 3 rings (SSSR count). The highest BCUT2D eigenvalue weighted by Gasteiger charge is 2.11. The van der Waals surface area contributed by atoms with E-state index in [0.717, 1.165) is 15.2 Å². The highest BCUT2D eigenvalue weighted by molar-refractivity contribution is 7.21. The van der Waals surface area contributed by atoms with Crippen molar-refractivity contribution in [3.63, 3.8) is 0 Å². The second-order valence-electron chi connectivity index (χ2n) is 3.73. The molecule has 0 radical (unpaired) electrons. The SMILES string of the molecule is Nc1cccc(-c2nc3ccccc3s2)c1O. The van der Waals surface area contributed by atoms with Gasteiger partial charge in [0.1, 0.15) is 10.8 Å². The number of nitrogen functional groups attached to an aromatic ring is 1. The first-order chi connectivity index (χ1) is 8.25. The molecule has 3 nitrogen and oxygen atoms in total. The average Bonchev–Trinajstić information content (AvgIpc) is 2.76. The third-order valence-electron chi connectivity index (χ3n) is 2.59. The largest absolute Gasteiger partial charge is 0.505 e. The number of fused-ring (bicyclic) bond motifs is 1. The van der Waals surface area contributed by atoms with E-state index in [1.165, 1.54) is 0 Å². The van der Waals surface area contributed by atoms with Crippen molar-refractivity contribution in [2.24, 2.45) is 0 Å². The number of hydrogen-bond donors (Lipinski definition) is 2. The molecule has 0 bridgehead atoms. The molecule has 2 aromatic carbocycles. The van der Waals surface area contributed by atoms with Crippen molar-refractivity contribution in [1.29, 1.82) is 0 Å². The van der Waals surface area contributed by atoms with E-state index in [4.69, 9.17) is 5.73 Å². The minimum Gasteiger partial charge on any atom is -0.505 e. The van der Waals surface area contributed by atoms with Gasteiger partial charge in [0.2, 0.25) is 0 Å². The standard InChI is InChI=1S/C13H10N2OS/c14-9-5-3-4-8(12(9)16)13-15-10-6-1-2-7-11(10)17-13/h1-7,16H,14H2. The Labute approximate surface area is 102 Å². The first-order valence-corrected chi connectivity index (χ1v) is 6.01. The van der Waals surface area contributed by atoms with E-state index in [0.29, 0.717) is 11.3 Å². The molecule has 84 valence electrons. The zero-order valence-electron chi connectivity index (χ0n) is 8.92. The first-order valence-electron chi connectivity index (χ1n) is 5.19. The Morgan fingerprint density at radius 1 is 1.06 bits per heavy atom. The maximum absolute atomic E-state index is 9.92. The number of phenolic OH excluding ortho intramolecular Hbond substituents is 1. The van der Waals surface area contributed by atoms with Crippen LogP contribution >= 0.6 is 11.3 Å². The lowest BCUT2D eigenvalue weighted by Crippen LogP contribution is -1.87. The normalized spacial score (nSPS) is 10.8. The molecule has 0 saturated carbocycles. The fourth-order valence-electron chi connectivity index (χ4n) is 1.72. The van der Waals surface area contributed by atoms with Crippen LogP contribution in [0.4, 0.5) is 5.69 Å². The van der Waals surface area contributed by atoms with Gasteiger partial charge in [-0.2, -0.15) is 0 Å². The summed E-state index contributed by atoms with van der Waals surface area (Å²) in [4.78, 5) is 4.49. The highest BCUT2D eigenvalue weighted by Crippen LogP contribution is 2.37. The van der Waals surface area contributed by atoms with Crippen LogP contribution < -0.4 is 5.73 Å². The van der Waals surface area contributed by atoms with E-state index >= 15 is 0 Å². The summed E-state index contributed by atoms with van der Waals surface area (Å²) in [6.45, 7) is 0. The van der Waals surface area contributed by atoms with Gasteiger partial charge in [-0.1, -0.05) is 18.2 Å². The Balaban J connectivity index is 2.24. The number of rotatable bonds is 1. The summed E-state index contributed by atoms with van der Waals surface area (Å²) in [7, 11) is 0. The van der Waals surface area contributed by atoms with Gasteiger partial charge in [-0.15, -0.1) is 11.3 Å². The molecule has 0 aliphatic carbocycles. The second-order valence-corrected chi connectivity index (χ2v) is 4.76. The number of anilines is 1. The molecule has 0 saturated heterocycles. The third-order valence-corrected chi connectivity index (χ3v) is 3.66. The number of nitrogens with zero attached hydrogens (tertiary/aromatic N) is 1. The number of para-hydroxylation sites is 2. The van der Waals surface area contributed by atoms with Crippen molar-refractivity contribution < 1.29 is 5.11 Å². The van der Waals surface area contributed by atoms with Crippen LogP contribution in [-0.4, -0.2) is 10.1 Å². The quantitative estimate of drug-likeness (QED) is 0.508. The molecular formula is C13H10N2OS. The zero-order chi connectivity index (χ0) is 11.8. The van der Waals surface area contributed by atoms with Gasteiger partial charge < -0.3 is 10.8 Å². The van der Waals surface area contributed by atoms with Crippen molar-refractivity contribution in [1.82, 2.24) is 4.98 Å². The summed E-state index contributed by atoms with van der Waals surface area (Å²) in [6, 6.07) is 13.2. The molecule has 0 unspecified atom stereocenters. The van der Waals surface area contributed by atoms with E-state index in [2.05, 4.69) is 4.98 Å². The molecule has 3 aromatic rings. The number of aromatic nitrogens is 1. The Morgan fingerprint density at radius 2 is 1.88 bits per heavy atom. The van der Waals surface area contributed by atoms with Gasteiger partial charge in [0, 0.05) is 0 Å². The van der Waals surface area contributed by atoms with Crippen molar-refractivity contribution >= 4 is 27.2 Å². The second kappa shape index (κ2) is 3.75. The number of phenols is 1. The Hall–Kier alpha value is -2.07. The van der Waals surface area contributed by atoms with Gasteiger partial charge in [0.05, 0.1) is 21.5 Å². The number of benzene rings is 2. The predicted molar refractivity (Wildman–Crippen MR) is 71.1 cm³/mol. The van der Waals surface area contributed by atoms with E-state index in [1.807, 2.05) is 36.4 Å². The molecule has 0 fully saturated rings. The predicted octanol–water partition coefficient (Wildman–Crippen LogP) is 3.25. The van der Waals surface area contributed by atoms with Crippen LogP contribution in [0.1, 0.15) is 0 Å². The van der Waals surface area contributed by atoms with Crippen LogP contribution in [0, 0.1) is 0 Å². The summed E-state index contributed by atoms with van der Waals surface area (Å²) in [5, 5.41) is 10.7. The van der Waals surface area contributed by atoms with Crippen LogP contribution in [0.2, 0.25) is 0 Å². The van der Waals surface area contributed by atoms with Gasteiger partial charge in [0.15, 0.2) is 0 Å². The molecule has 0 amide bonds. The fraction of sp³-hybridized carbons (Fsp3) is 0. The Bertz CT molecular complexity index is 658. The van der Waals surface area contributed by atoms with E-state index < -0.39 is 0 Å². The highest BCUT2D eigenvalue weighted by atomic mass is 32.1. The molecule has 0 atom stereocenters. The lowest BCUT2D eigenvalue weighted by molar-refractivity contribution is 0.480. The molecular weight excluding hydrogens is 232 g/mol. The fourth-order valence-corrected chi connectivity index (χ4v) is 2.71. The average molecular weight is 242 g/mol. The molecule has 0 aliphatic rings. The minimum absolute atomic E-state index is 0.103. The van der Waals surface area contributed by atoms with Crippen molar-refractivity contribution in [3.8, 4) is 16.3 Å². The zero-order valence-corrected chi connectivity index (χ0v) is 9.74. The summed E-state index contributed by atoms with van der Waals surface area (Å²) in [6.07, 6.45) is 0. The molecule has 0 spiro atoms. The molecule has 3 N–H and O–H groups in total. The van der Waals surface area contributed by atoms with Crippen LogP contribution in [-0.2, 0) is 0 Å². The Kier molecular flexibility index (Phi) is 2.23. The number of nitrogens with two attached hydrogens (primary N) is 1. The molecule has 17 heavy (non-hydrogen) atoms. The molecule has 1 aromatic heterocycles. The van der Waals surface area contributed by atoms with E-state index in [9.17, 15) is 5.11 Å². The lowest BCUT2D eigenvalue weighted by Gasteiger charge is -2.02. The van der Waals surface area contributed by atoms with Crippen LogP contribution in [0.3, 0.4) is 0 Å². The first kappa shape index (κ1) is 10.1. The summed E-state index contributed by atoms with van der Waals surface area (Å²) in [5.74, 6) is 0.103. The maximum atomic E-state index is 9.92. The van der Waals surface area contributed by atoms with Gasteiger partial charge in [0.25, 0.3) is 0 Å². The summed E-state index contributed by atoms with van der Waals surface area (Å²) < 4.78 is 1.10. The van der Waals surface area contributed by atoms with E-state index in [1.54, 1.807) is 17.4 Å². The smallest absolute Gasteiger partial charge is 0.148 e. The van der Waals surface area contributed by atoms with Gasteiger partial charge in [-0.3, -0.25) is 0 Å². The molecule has 1 heterocycles. The summed E-state index contributed by atoms with van der Waals surface area (Å²) >= 11 is 1.55. The van der Waals surface area contributed by atoms with Crippen molar-refractivity contribution in [3.05, 3.63) is 42.5 Å². The number of thiazole rings is 1. The van der Waals surface area contributed by atoms with Crippen molar-refractivity contribution in [2.75, 3.05) is 5.73 Å². The van der Waals surface area contributed by atoms with Crippen LogP contribution in [0.25, 0.3) is 20.8 Å².